The van der Waals surface area contributed by atoms with Gasteiger partial charge in [-0.1, -0.05) is 0 Å². The molecule has 0 aliphatic carbocycles. The van der Waals surface area contributed by atoms with Crippen molar-refractivity contribution in [1.82, 2.24) is 9.88 Å². The average Bonchev–Trinajstić information content (AvgIpc) is 3.24. The second-order valence-corrected chi connectivity index (χ2v) is 7.43. The van der Waals surface area contributed by atoms with E-state index in [0.29, 0.717) is 6.54 Å². The van der Waals surface area contributed by atoms with Gasteiger partial charge in [-0.25, -0.2) is 0 Å². The van der Waals surface area contributed by atoms with E-state index in [1.807, 2.05) is 41.3 Å². The molecular formula is C22H22N2O3. The van der Waals surface area contributed by atoms with Crippen LogP contribution in [0.15, 0.2) is 36.4 Å². The number of aromatic amines is 1. The lowest BCUT2D eigenvalue weighted by molar-refractivity contribution is 0.0735. The number of benzene rings is 2. The number of carbonyl (C=O) groups is 1. The molecule has 3 heterocycles. The van der Waals surface area contributed by atoms with Gasteiger partial charge in [0.05, 0.1) is 7.11 Å². The van der Waals surface area contributed by atoms with E-state index in [0.717, 1.165) is 52.9 Å². The summed E-state index contributed by atoms with van der Waals surface area (Å²) in [7, 11) is 1.68. The van der Waals surface area contributed by atoms with Gasteiger partial charge in [0.25, 0.3) is 5.91 Å². The Morgan fingerprint density at radius 3 is 3.00 bits per heavy atom. The van der Waals surface area contributed by atoms with Crippen molar-refractivity contribution in [2.24, 2.45) is 0 Å². The molecule has 0 fully saturated rings. The van der Waals surface area contributed by atoms with Crippen molar-refractivity contribution < 1.29 is 14.3 Å². The number of amides is 1. The van der Waals surface area contributed by atoms with E-state index in [2.05, 4.69) is 11.9 Å². The van der Waals surface area contributed by atoms with Crippen LogP contribution in [0.25, 0.3) is 10.9 Å². The van der Waals surface area contributed by atoms with E-state index >= 15 is 0 Å². The standard InChI is InChI=1S/C22H22N2O3/c1-13-9-15-10-14(3-6-21(15)27-13)22(25)24-8-7-20-18(12-24)17-11-16(26-2)4-5-19(17)23-20/h3-6,10-11,13,23H,7-9,12H2,1-2H3/t13-/m0/s1. The van der Waals surface area contributed by atoms with Gasteiger partial charge in [-0.15, -0.1) is 0 Å². The molecule has 0 unspecified atom stereocenters. The van der Waals surface area contributed by atoms with Crippen LogP contribution in [-0.4, -0.2) is 35.5 Å². The molecule has 3 aromatic rings. The number of fused-ring (bicyclic) bond motifs is 4. The molecule has 2 aromatic carbocycles. The summed E-state index contributed by atoms with van der Waals surface area (Å²) in [6.45, 7) is 3.39. The summed E-state index contributed by atoms with van der Waals surface area (Å²) in [5.41, 5.74) is 5.38. The molecule has 0 bridgehead atoms. The van der Waals surface area contributed by atoms with E-state index in [1.54, 1.807) is 7.11 Å². The van der Waals surface area contributed by atoms with Crippen LogP contribution >= 0.6 is 0 Å². The van der Waals surface area contributed by atoms with Crippen LogP contribution in [0, 0.1) is 0 Å². The first-order valence-corrected chi connectivity index (χ1v) is 9.38. The van der Waals surface area contributed by atoms with Crippen LogP contribution in [0.4, 0.5) is 0 Å². The molecule has 2 aliphatic heterocycles. The lowest BCUT2D eigenvalue weighted by atomic mass is 10.0. The summed E-state index contributed by atoms with van der Waals surface area (Å²) < 4.78 is 11.1. The molecule has 0 radical (unpaired) electrons. The Bertz CT molecular complexity index is 1050. The molecular weight excluding hydrogens is 340 g/mol. The van der Waals surface area contributed by atoms with E-state index < -0.39 is 0 Å². The van der Waals surface area contributed by atoms with Crippen molar-refractivity contribution in [1.29, 1.82) is 0 Å². The summed E-state index contributed by atoms with van der Waals surface area (Å²) in [6.07, 6.45) is 1.88. The highest BCUT2D eigenvalue weighted by Crippen LogP contribution is 2.32. The first-order chi connectivity index (χ1) is 13.1. The minimum absolute atomic E-state index is 0.0836. The van der Waals surface area contributed by atoms with Crippen molar-refractivity contribution in [2.75, 3.05) is 13.7 Å². The van der Waals surface area contributed by atoms with Crippen LogP contribution in [-0.2, 0) is 19.4 Å². The van der Waals surface area contributed by atoms with Gasteiger partial charge in [0.1, 0.15) is 17.6 Å². The largest absolute Gasteiger partial charge is 0.497 e. The zero-order chi connectivity index (χ0) is 18.5. The van der Waals surface area contributed by atoms with Crippen LogP contribution in [0.5, 0.6) is 11.5 Å². The van der Waals surface area contributed by atoms with Crippen molar-refractivity contribution in [3.63, 3.8) is 0 Å². The van der Waals surface area contributed by atoms with Crippen molar-refractivity contribution >= 4 is 16.8 Å². The molecule has 5 rings (SSSR count). The molecule has 1 N–H and O–H groups in total. The Labute approximate surface area is 157 Å². The highest BCUT2D eigenvalue weighted by Gasteiger charge is 2.27. The number of hydrogen-bond donors (Lipinski definition) is 1. The number of hydrogen-bond acceptors (Lipinski definition) is 3. The molecule has 0 spiro atoms. The normalized spacial score (nSPS) is 18.1. The number of H-pyrrole nitrogens is 1. The molecule has 1 atom stereocenters. The van der Waals surface area contributed by atoms with Gasteiger partial charge >= 0.3 is 0 Å². The second-order valence-electron chi connectivity index (χ2n) is 7.43. The zero-order valence-corrected chi connectivity index (χ0v) is 15.5. The second kappa shape index (κ2) is 6.05. The first kappa shape index (κ1) is 16.2. The van der Waals surface area contributed by atoms with Crippen LogP contribution in [0.3, 0.4) is 0 Å². The fourth-order valence-electron chi connectivity index (χ4n) is 4.23. The Morgan fingerprint density at radius 1 is 1.26 bits per heavy atom. The maximum Gasteiger partial charge on any atom is 0.254 e. The Hall–Kier alpha value is -2.95. The Morgan fingerprint density at radius 2 is 2.15 bits per heavy atom. The number of nitrogens with zero attached hydrogens (tertiary/aromatic N) is 1. The third-order valence-electron chi connectivity index (χ3n) is 5.61. The van der Waals surface area contributed by atoms with E-state index in [4.69, 9.17) is 9.47 Å². The van der Waals surface area contributed by atoms with Crippen LogP contribution in [0.2, 0.25) is 0 Å². The highest BCUT2D eigenvalue weighted by molar-refractivity contribution is 5.95. The highest BCUT2D eigenvalue weighted by atomic mass is 16.5. The molecule has 2 aliphatic rings. The van der Waals surface area contributed by atoms with Crippen molar-refractivity contribution in [3.8, 4) is 11.5 Å². The number of aromatic nitrogens is 1. The molecule has 0 saturated heterocycles. The van der Waals surface area contributed by atoms with E-state index in [-0.39, 0.29) is 12.0 Å². The Balaban J connectivity index is 1.45. The lowest BCUT2D eigenvalue weighted by Crippen LogP contribution is -2.35. The number of rotatable bonds is 2. The summed E-state index contributed by atoms with van der Waals surface area (Å²) in [5.74, 6) is 1.82. The monoisotopic (exact) mass is 362 g/mol. The topological polar surface area (TPSA) is 54.6 Å². The SMILES string of the molecule is COc1ccc2[nH]c3c(c2c1)CN(C(=O)c1ccc2c(c1)C[C@H](C)O2)CC3. The molecule has 5 heteroatoms. The molecule has 5 nitrogen and oxygen atoms in total. The van der Waals surface area contributed by atoms with Gasteiger partial charge in [0.15, 0.2) is 0 Å². The summed E-state index contributed by atoms with van der Waals surface area (Å²) in [4.78, 5) is 18.6. The van der Waals surface area contributed by atoms with Gasteiger partial charge in [-0.3, -0.25) is 4.79 Å². The molecule has 1 aromatic heterocycles. The molecule has 0 saturated carbocycles. The van der Waals surface area contributed by atoms with Gasteiger partial charge in [0, 0.05) is 53.7 Å². The predicted octanol–water partition coefficient (Wildman–Crippen LogP) is 3.70. The summed E-state index contributed by atoms with van der Waals surface area (Å²) >= 11 is 0. The molecule has 1 amide bonds. The maximum absolute atomic E-state index is 13.1. The Kier molecular flexibility index (Phi) is 3.64. The van der Waals surface area contributed by atoms with Crippen molar-refractivity contribution in [3.05, 3.63) is 58.8 Å². The first-order valence-electron chi connectivity index (χ1n) is 9.38. The van der Waals surface area contributed by atoms with Gasteiger partial charge < -0.3 is 19.4 Å². The van der Waals surface area contributed by atoms with Gasteiger partial charge in [0.2, 0.25) is 0 Å². The number of nitrogens with one attached hydrogen (secondary N) is 1. The quantitative estimate of drug-likeness (QED) is 0.756. The summed E-state index contributed by atoms with van der Waals surface area (Å²) in [6, 6.07) is 11.9. The number of methoxy groups -OCH3 is 1. The molecule has 138 valence electrons. The average molecular weight is 362 g/mol. The summed E-state index contributed by atoms with van der Waals surface area (Å²) in [5, 5.41) is 1.14. The zero-order valence-electron chi connectivity index (χ0n) is 15.5. The van der Waals surface area contributed by atoms with Crippen molar-refractivity contribution in [2.45, 2.75) is 32.4 Å². The molecule has 27 heavy (non-hydrogen) atoms. The third kappa shape index (κ3) is 2.65. The fourth-order valence-corrected chi connectivity index (χ4v) is 4.23. The van der Waals surface area contributed by atoms with Gasteiger partial charge in [-0.2, -0.15) is 0 Å². The predicted molar refractivity (Wildman–Crippen MR) is 104 cm³/mol. The minimum atomic E-state index is 0.0836. The van der Waals surface area contributed by atoms with E-state index in [1.165, 1.54) is 11.3 Å². The smallest absolute Gasteiger partial charge is 0.254 e. The number of ether oxygens (including phenoxy) is 2. The maximum atomic E-state index is 13.1. The minimum Gasteiger partial charge on any atom is -0.497 e. The lowest BCUT2D eigenvalue weighted by Gasteiger charge is -2.27. The van der Waals surface area contributed by atoms with E-state index in [9.17, 15) is 4.79 Å². The van der Waals surface area contributed by atoms with Crippen LogP contribution < -0.4 is 9.47 Å². The number of carbonyl (C=O) groups excluding carboxylic acids is 1. The third-order valence-corrected chi connectivity index (χ3v) is 5.61. The fraction of sp³-hybridized carbons (Fsp3) is 0.318. The van der Waals surface area contributed by atoms with Gasteiger partial charge in [-0.05, 0) is 48.9 Å². The van der Waals surface area contributed by atoms with Crippen LogP contribution in [0.1, 0.15) is 34.1 Å².